The highest BCUT2D eigenvalue weighted by molar-refractivity contribution is 5.95. The highest BCUT2D eigenvalue weighted by Gasteiger charge is 2.05. The van der Waals surface area contributed by atoms with Crippen LogP contribution < -0.4 is 19.8 Å². The second-order valence-electron chi connectivity index (χ2n) is 5.25. The van der Waals surface area contributed by atoms with Crippen molar-refractivity contribution in [1.82, 2.24) is 5.43 Å². The van der Waals surface area contributed by atoms with Crippen LogP contribution in [0.15, 0.2) is 47.6 Å². The number of carbonyl (C=O) groups is 1. The number of rotatable bonds is 6. The van der Waals surface area contributed by atoms with Gasteiger partial charge in [0.2, 0.25) is 0 Å². The number of hydrazone groups is 1. The molecular formula is C18H21N3O3. The average molecular weight is 327 g/mol. The Kier molecular flexibility index (Phi) is 5.78. The van der Waals surface area contributed by atoms with E-state index in [2.05, 4.69) is 10.5 Å². The summed E-state index contributed by atoms with van der Waals surface area (Å²) in [6.45, 7) is 0. The van der Waals surface area contributed by atoms with Gasteiger partial charge in [0.1, 0.15) is 0 Å². The Morgan fingerprint density at radius 1 is 1.04 bits per heavy atom. The summed E-state index contributed by atoms with van der Waals surface area (Å²) in [5.41, 5.74) is 4.87. The molecule has 0 radical (unpaired) electrons. The Morgan fingerprint density at radius 3 is 2.29 bits per heavy atom. The van der Waals surface area contributed by atoms with Crippen molar-refractivity contribution in [2.75, 3.05) is 33.2 Å². The molecule has 2 aromatic carbocycles. The van der Waals surface area contributed by atoms with Crippen molar-refractivity contribution in [3.8, 4) is 11.5 Å². The Labute approximate surface area is 141 Å². The summed E-state index contributed by atoms with van der Waals surface area (Å²) < 4.78 is 10.4. The van der Waals surface area contributed by atoms with Gasteiger partial charge in [0, 0.05) is 25.3 Å². The van der Waals surface area contributed by atoms with E-state index in [0.717, 1.165) is 11.3 Å². The molecule has 1 amide bonds. The molecule has 0 aliphatic heterocycles. The maximum Gasteiger partial charge on any atom is 0.271 e. The fourth-order valence-electron chi connectivity index (χ4n) is 2.07. The normalized spacial score (nSPS) is 10.5. The zero-order valence-corrected chi connectivity index (χ0v) is 14.2. The number of benzene rings is 2. The molecule has 0 bridgehead atoms. The van der Waals surface area contributed by atoms with E-state index in [0.29, 0.717) is 17.1 Å². The highest BCUT2D eigenvalue weighted by atomic mass is 16.5. The molecule has 0 aliphatic rings. The molecule has 1 N–H and O–H groups in total. The van der Waals surface area contributed by atoms with Gasteiger partial charge in [0.15, 0.2) is 11.5 Å². The third kappa shape index (κ3) is 4.25. The molecule has 6 nitrogen and oxygen atoms in total. The Hall–Kier alpha value is -3.02. The number of nitrogens with zero attached hydrogens (tertiary/aromatic N) is 2. The molecular weight excluding hydrogens is 306 g/mol. The van der Waals surface area contributed by atoms with Gasteiger partial charge in [-0.25, -0.2) is 5.43 Å². The first kappa shape index (κ1) is 17.3. The van der Waals surface area contributed by atoms with Crippen LogP contribution in [0.1, 0.15) is 15.9 Å². The lowest BCUT2D eigenvalue weighted by Crippen LogP contribution is -2.18. The smallest absolute Gasteiger partial charge is 0.271 e. The van der Waals surface area contributed by atoms with Gasteiger partial charge in [-0.1, -0.05) is 0 Å². The minimum Gasteiger partial charge on any atom is -0.493 e. The molecule has 24 heavy (non-hydrogen) atoms. The molecule has 0 unspecified atom stereocenters. The number of hydrogen-bond acceptors (Lipinski definition) is 5. The molecule has 0 aliphatic carbocycles. The number of methoxy groups -OCH3 is 2. The molecule has 0 heterocycles. The van der Waals surface area contributed by atoms with Crippen molar-refractivity contribution in [2.24, 2.45) is 5.10 Å². The molecule has 6 heteroatoms. The second kappa shape index (κ2) is 8.01. The monoisotopic (exact) mass is 327 g/mol. The van der Waals surface area contributed by atoms with Crippen molar-refractivity contribution in [1.29, 1.82) is 0 Å². The van der Waals surface area contributed by atoms with E-state index in [1.54, 1.807) is 44.7 Å². The zero-order chi connectivity index (χ0) is 17.5. The third-order valence-corrected chi connectivity index (χ3v) is 3.43. The number of nitrogens with one attached hydrogen (secondary N) is 1. The van der Waals surface area contributed by atoms with Crippen molar-refractivity contribution in [2.45, 2.75) is 0 Å². The van der Waals surface area contributed by atoms with E-state index in [9.17, 15) is 4.79 Å². The summed E-state index contributed by atoms with van der Waals surface area (Å²) in [6.07, 6.45) is 1.55. The predicted octanol–water partition coefficient (Wildman–Crippen LogP) is 2.53. The molecule has 0 saturated heterocycles. The first-order valence-corrected chi connectivity index (χ1v) is 7.38. The number of carbonyl (C=O) groups excluding carboxylic acids is 1. The maximum absolute atomic E-state index is 12.1. The van der Waals surface area contributed by atoms with E-state index in [1.165, 1.54) is 0 Å². The van der Waals surface area contributed by atoms with Crippen LogP contribution in [0.2, 0.25) is 0 Å². The van der Waals surface area contributed by atoms with E-state index in [-0.39, 0.29) is 5.91 Å². The predicted molar refractivity (Wildman–Crippen MR) is 95.4 cm³/mol. The van der Waals surface area contributed by atoms with Crippen LogP contribution in [0.3, 0.4) is 0 Å². The van der Waals surface area contributed by atoms with Gasteiger partial charge in [-0.3, -0.25) is 4.79 Å². The summed E-state index contributed by atoms with van der Waals surface area (Å²) in [5.74, 6) is 0.976. The Bertz CT molecular complexity index is 725. The van der Waals surface area contributed by atoms with Crippen LogP contribution in [0.4, 0.5) is 5.69 Å². The molecule has 0 fully saturated rings. The third-order valence-electron chi connectivity index (χ3n) is 3.43. The standard InChI is InChI=1S/C18H21N3O3/c1-21(2)15-8-6-14(7-9-15)18(22)20-19-12-13-5-10-16(23-3)17(11-13)24-4/h5-12H,1-4H3,(H,20,22)/b19-12+. The van der Waals surface area contributed by atoms with Crippen LogP contribution in [0.25, 0.3) is 0 Å². The summed E-state index contributed by atoms with van der Waals surface area (Å²) >= 11 is 0. The number of amides is 1. The molecule has 0 atom stereocenters. The fraction of sp³-hybridized carbons (Fsp3) is 0.222. The topological polar surface area (TPSA) is 63.2 Å². The average Bonchev–Trinajstić information content (AvgIpc) is 2.61. The molecule has 126 valence electrons. The van der Waals surface area contributed by atoms with Crippen LogP contribution in [-0.2, 0) is 0 Å². The van der Waals surface area contributed by atoms with Gasteiger partial charge in [-0.15, -0.1) is 0 Å². The van der Waals surface area contributed by atoms with E-state index in [4.69, 9.17) is 9.47 Å². The van der Waals surface area contributed by atoms with Gasteiger partial charge in [-0.2, -0.15) is 5.10 Å². The summed E-state index contributed by atoms with van der Waals surface area (Å²) in [4.78, 5) is 14.0. The summed E-state index contributed by atoms with van der Waals surface area (Å²) in [5, 5.41) is 3.98. The molecule has 0 saturated carbocycles. The Balaban J connectivity index is 2.01. The minimum atomic E-state index is -0.267. The Morgan fingerprint density at radius 2 is 1.71 bits per heavy atom. The fourth-order valence-corrected chi connectivity index (χ4v) is 2.07. The van der Waals surface area contributed by atoms with Crippen molar-refractivity contribution in [3.63, 3.8) is 0 Å². The van der Waals surface area contributed by atoms with Gasteiger partial charge < -0.3 is 14.4 Å². The van der Waals surface area contributed by atoms with Crippen molar-refractivity contribution in [3.05, 3.63) is 53.6 Å². The number of hydrogen-bond donors (Lipinski definition) is 1. The van der Waals surface area contributed by atoms with Crippen LogP contribution in [0.5, 0.6) is 11.5 Å². The van der Waals surface area contributed by atoms with E-state index >= 15 is 0 Å². The number of anilines is 1. The minimum absolute atomic E-state index is 0.267. The lowest BCUT2D eigenvalue weighted by Gasteiger charge is -2.12. The van der Waals surface area contributed by atoms with E-state index < -0.39 is 0 Å². The molecule has 2 rings (SSSR count). The molecule has 0 spiro atoms. The molecule has 2 aromatic rings. The molecule has 0 aromatic heterocycles. The highest BCUT2D eigenvalue weighted by Crippen LogP contribution is 2.26. The zero-order valence-electron chi connectivity index (χ0n) is 14.2. The van der Waals surface area contributed by atoms with Crippen molar-refractivity contribution >= 4 is 17.8 Å². The summed E-state index contributed by atoms with van der Waals surface area (Å²) in [6, 6.07) is 12.7. The second-order valence-corrected chi connectivity index (χ2v) is 5.25. The SMILES string of the molecule is COc1ccc(/C=N/NC(=O)c2ccc(N(C)C)cc2)cc1OC. The quantitative estimate of drug-likeness (QED) is 0.654. The van der Waals surface area contributed by atoms with Crippen LogP contribution >= 0.6 is 0 Å². The van der Waals surface area contributed by atoms with Crippen molar-refractivity contribution < 1.29 is 14.3 Å². The van der Waals surface area contributed by atoms with Crippen LogP contribution in [-0.4, -0.2) is 40.4 Å². The van der Waals surface area contributed by atoms with Gasteiger partial charge in [0.05, 0.1) is 20.4 Å². The number of ether oxygens (including phenoxy) is 2. The first-order chi connectivity index (χ1) is 11.5. The summed E-state index contributed by atoms with van der Waals surface area (Å²) in [7, 11) is 7.04. The lowest BCUT2D eigenvalue weighted by atomic mass is 10.2. The van der Waals surface area contributed by atoms with Gasteiger partial charge in [-0.05, 0) is 48.0 Å². The maximum atomic E-state index is 12.1. The van der Waals surface area contributed by atoms with E-state index in [1.807, 2.05) is 37.2 Å². The lowest BCUT2D eigenvalue weighted by molar-refractivity contribution is 0.0955. The van der Waals surface area contributed by atoms with Gasteiger partial charge in [0.25, 0.3) is 5.91 Å². The van der Waals surface area contributed by atoms with Crippen LogP contribution in [0, 0.1) is 0 Å². The largest absolute Gasteiger partial charge is 0.493 e. The first-order valence-electron chi connectivity index (χ1n) is 7.38. The van der Waals surface area contributed by atoms with Gasteiger partial charge >= 0.3 is 0 Å².